The van der Waals surface area contributed by atoms with Gasteiger partial charge in [-0.15, -0.1) is 6.58 Å². The molecule has 0 aromatic heterocycles. The van der Waals surface area contributed by atoms with Crippen molar-refractivity contribution in [2.24, 2.45) is 11.8 Å². The van der Waals surface area contributed by atoms with Crippen LogP contribution in [0.4, 0.5) is 0 Å². The molecule has 14 nitrogen and oxygen atoms in total. The first-order valence-corrected chi connectivity index (χ1v) is 13.0. The summed E-state index contributed by atoms with van der Waals surface area (Å²) in [5.74, 6) is -3.72. The standard InChI is InChI=1S/C27H35NO13/c1-4-12-13(5-17-14-6-18(31)19(32)7-15(14)20(33)8-28(17)11(2)30)16(25(37)38-3)10-39-26(12)41-27-24(36)23(35)22(34)21(9-29)40-27/h4,6-7,10,12-13,17,20-24,26-27,29,31-36H,1,5,8-9H2,2-3H3/t12-,13+,17-,20+,21?,22?,23?,24?,26+,27?/m0/s1. The Morgan fingerprint density at radius 1 is 1.07 bits per heavy atom. The molecule has 7 N–H and O–H groups in total. The second-order valence-electron chi connectivity index (χ2n) is 10.2. The van der Waals surface area contributed by atoms with Gasteiger partial charge >= 0.3 is 5.97 Å². The number of esters is 1. The lowest BCUT2D eigenvalue weighted by Crippen LogP contribution is -2.60. The fraction of sp³-hybridized carbons (Fsp3) is 0.556. The van der Waals surface area contributed by atoms with E-state index in [4.69, 9.17) is 18.9 Å². The summed E-state index contributed by atoms with van der Waals surface area (Å²) >= 11 is 0. The van der Waals surface area contributed by atoms with Crippen molar-refractivity contribution in [1.29, 1.82) is 0 Å². The van der Waals surface area contributed by atoms with Crippen molar-refractivity contribution in [1.82, 2.24) is 4.90 Å². The van der Waals surface area contributed by atoms with Crippen LogP contribution in [0, 0.1) is 11.8 Å². The van der Waals surface area contributed by atoms with Crippen LogP contribution in [0.3, 0.4) is 0 Å². The summed E-state index contributed by atoms with van der Waals surface area (Å²) in [4.78, 5) is 26.9. The fourth-order valence-corrected chi connectivity index (χ4v) is 5.64. The number of carbonyl (C=O) groups is 2. The van der Waals surface area contributed by atoms with Crippen LogP contribution in [0.1, 0.15) is 36.6 Å². The van der Waals surface area contributed by atoms with Crippen LogP contribution in [-0.4, -0.2) is 110 Å². The third kappa shape index (κ3) is 5.77. The molecule has 3 heterocycles. The number of phenolic OH excluding ortho intramolecular Hbond substituents is 2. The van der Waals surface area contributed by atoms with E-state index in [1.807, 2.05) is 0 Å². The van der Waals surface area contributed by atoms with Gasteiger partial charge in [0.05, 0.1) is 44.2 Å². The van der Waals surface area contributed by atoms with Crippen molar-refractivity contribution < 1.29 is 64.3 Å². The van der Waals surface area contributed by atoms with Gasteiger partial charge in [-0.05, 0) is 29.7 Å². The summed E-state index contributed by atoms with van der Waals surface area (Å²) in [6.07, 6.45) is -7.68. The summed E-state index contributed by atoms with van der Waals surface area (Å²) in [6.45, 7) is 4.35. The smallest absolute Gasteiger partial charge is 0.337 e. The Bertz CT molecular complexity index is 1190. The lowest BCUT2D eigenvalue weighted by molar-refractivity contribution is -0.339. The van der Waals surface area contributed by atoms with E-state index in [1.165, 1.54) is 37.1 Å². The molecule has 0 saturated carbocycles. The quantitative estimate of drug-likeness (QED) is 0.118. The number of benzene rings is 1. The number of β-amino-alcohol motifs (C(OH)–C–C–N with tert-alkyl or cyclic N) is 1. The number of aromatic hydroxyl groups is 2. The third-order valence-corrected chi connectivity index (χ3v) is 7.84. The SMILES string of the molecule is C=C[C@@H]1[C@@H](OC2OC(CO)C(O)C(O)C2O)OC=C(C(=O)OC)[C@@H]1C[C@H]1c2cc(O)c(O)cc2[C@H](O)CN1C(C)=O. The van der Waals surface area contributed by atoms with Crippen LogP contribution in [0.2, 0.25) is 0 Å². The number of aliphatic hydroxyl groups is 5. The molecule has 10 atom stereocenters. The zero-order valence-corrected chi connectivity index (χ0v) is 22.4. The Kier molecular flexibility index (Phi) is 9.23. The second kappa shape index (κ2) is 12.3. The van der Waals surface area contributed by atoms with Crippen molar-refractivity contribution in [2.45, 2.75) is 62.5 Å². The molecule has 3 aliphatic heterocycles. The molecule has 4 rings (SSSR count). The van der Waals surface area contributed by atoms with Crippen LogP contribution in [-0.2, 0) is 28.5 Å². The Morgan fingerprint density at radius 3 is 2.32 bits per heavy atom. The first-order chi connectivity index (χ1) is 19.4. The van der Waals surface area contributed by atoms with Crippen molar-refractivity contribution >= 4 is 11.9 Å². The predicted octanol–water partition coefficient (Wildman–Crippen LogP) is -0.927. The topological polar surface area (TPSA) is 216 Å². The van der Waals surface area contributed by atoms with Crippen LogP contribution in [0.25, 0.3) is 0 Å². The van der Waals surface area contributed by atoms with Crippen LogP contribution in [0.15, 0.2) is 36.6 Å². The van der Waals surface area contributed by atoms with Crippen molar-refractivity contribution in [3.05, 3.63) is 47.7 Å². The highest BCUT2D eigenvalue weighted by Crippen LogP contribution is 2.47. The lowest BCUT2D eigenvalue weighted by Gasteiger charge is -2.45. The van der Waals surface area contributed by atoms with Crippen molar-refractivity contribution in [2.75, 3.05) is 20.3 Å². The van der Waals surface area contributed by atoms with E-state index in [9.17, 15) is 45.3 Å². The summed E-state index contributed by atoms with van der Waals surface area (Å²) in [6, 6.07) is 1.67. The second-order valence-corrected chi connectivity index (χ2v) is 10.2. The minimum atomic E-state index is -1.72. The molecular formula is C27H35NO13. The van der Waals surface area contributed by atoms with Gasteiger partial charge < -0.3 is 59.6 Å². The Morgan fingerprint density at radius 2 is 1.73 bits per heavy atom. The molecule has 5 unspecified atom stereocenters. The number of phenols is 2. The van der Waals surface area contributed by atoms with Gasteiger partial charge in [-0.3, -0.25) is 4.79 Å². The number of ether oxygens (including phenoxy) is 4. The molecule has 1 amide bonds. The highest BCUT2D eigenvalue weighted by atomic mass is 16.8. The first-order valence-electron chi connectivity index (χ1n) is 13.0. The maximum absolute atomic E-state index is 12.8. The van der Waals surface area contributed by atoms with E-state index in [0.29, 0.717) is 11.1 Å². The minimum absolute atomic E-state index is 0.0129. The minimum Gasteiger partial charge on any atom is -0.504 e. The molecule has 0 spiro atoms. The number of aliphatic hydroxyl groups excluding tert-OH is 5. The van der Waals surface area contributed by atoms with Gasteiger partial charge in [0.1, 0.15) is 24.4 Å². The highest BCUT2D eigenvalue weighted by molar-refractivity contribution is 5.89. The number of hydrogen-bond donors (Lipinski definition) is 7. The Hall–Kier alpha value is -3.24. The summed E-state index contributed by atoms with van der Waals surface area (Å²) in [7, 11) is 1.18. The predicted molar refractivity (Wildman–Crippen MR) is 136 cm³/mol. The molecule has 226 valence electrons. The molecule has 14 heteroatoms. The van der Waals surface area contributed by atoms with E-state index < -0.39 is 91.0 Å². The van der Waals surface area contributed by atoms with Crippen LogP contribution in [0.5, 0.6) is 11.5 Å². The average molecular weight is 582 g/mol. The van der Waals surface area contributed by atoms with Crippen molar-refractivity contribution in [3.63, 3.8) is 0 Å². The Labute approximate surface area is 235 Å². The first kappa shape index (κ1) is 30.7. The number of amides is 1. The summed E-state index contributed by atoms with van der Waals surface area (Å²) < 4.78 is 21.9. The number of rotatable bonds is 7. The number of methoxy groups -OCH3 is 1. The van der Waals surface area contributed by atoms with Gasteiger partial charge in [-0.1, -0.05) is 6.08 Å². The van der Waals surface area contributed by atoms with E-state index in [-0.39, 0.29) is 18.5 Å². The lowest BCUT2D eigenvalue weighted by atomic mass is 9.76. The molecule has 1 fully saturated rings. The van der Waals surface area contributed by atoms with Gasteiger partial charge in [0.15, 0.2) is 17.8 Å². The number of nitrogens with zero attached hydrogens (tertiary/aromatic N) is 1. The largest absolute Gasteiger partial charge is 0.504 e. The number of fused-ring (bicyclic) bond motifs is 1. The monoisotopic (exact) mass is 581 g/mol. The van der Waals surface area contributed by atoms with Gasteiger partial charge in [-0.25, -0.2) is 4.79 Å². The van der Waals surface area contributed by atoms with Crippen LogP contribution < -0.4 is 0 Å². The Balaban J connectivity index is 1.71. The van der Waals surface area contributed by atoms with Gasteiger partial charge in [0.2, 0.25) is 12.2 Å². The maximum atomic E-state index is 12.8. The van der Waals surface area contributed by atoms with Gasteiger partial charge in [-0.2, -0.15) is 0 Å². The normalized spacial score (nSPS) is 35.1. The molecule has 1 aromatic carbocycles. The fourth-order valence-electron chi connectivity index (χ4n) is 5.64. The molecule has 0 aliphatic carbocycles. The molecule has 41 heavy (non-hydrogen) atoms. The van der Waals surface area contributed by atoms with E-state index >= 15 is 0 Å². The summed E-state index contributed by atoms with van der Waals surface area (Å²) in [5, 5.41) is 71.2. The zero-order chi connectivity index (χ0) is 30.2. The van der Waals surface area contributed by atoms with Crippen molar-refractivity contribution in [3.8, 4) is 11.5 Å². The molecule has 3 aliphatic rings. The van der Waals surface area contributed by atoms with Gasteiger partial charge in [0, 0.05) is 18.8 Å². The molecule has 1 aromatic rings. The summed E-state index contributed by atoms with van der Waals surface area (Å²) in [5.41, 5.74) is 0.701. The van der Waals surface area contributed by atoms with E-state index in [0.717, 1.165) is 6.26 Å². The third-order valence-electron chi connectivity index (χ3n) is 7.84. The highest BCUT2D eigenvalue weighted by Gasteiger charge is 2.48. The molecule has 0 bridgehead atoms. The number of hydrogen-bond acceptors (Lipinski definition) is 13. The average Bonchev–Trinajstić information content (AvgIpc) is 2.95. The zero-order valence-electron chi connectivity index (χ0n) is 22.4. The van der Waals surface area contributed by atoms with Crippen LogP contribution >= 0.6 is 0 Å². The number of carbonyl (C=O) groups excluding carboxylic acids is 2. The molecular weight excluding hydrogens is 546 g/mol. The van der Waals surface area contributed by atoms with E-state index in [1.54, 1.807) is 0 Å². The van der Waals surface area contributed by atoms with Gasteiger partial charge in [0.25, 0.3) is 0 Å². The molecule has 1 saturated heterocycles. The van der Waals surface area contributed by atoms with E-state index in [2.05, 4.69) is 6.58 Å². The molecule has 0 radical (unpaired) electrons. The maximum Gasteiger partial charge on any atom is 0.337 e.